The number of aromatic nitrogens is 5. The van der Waals surface area contributed by atoms with Crippen molar-refractivity contribution in [3.8, 4) is 0 Å². The van der Waals surface area contributed by atoms with Gasteiger partial charge in [0, 0.05) is 6.20 Å². The first-order chi connectivity index (χ1) is 7.77. The lowest BCUT2D eigenvalue weighted by Crippen LogP contribution is -2.24. The molecule has 0 aliphatic heterocycles. The molecule has 0 saturated carbocycles. The summed E-state index contributed by atoms with van der Waals surface area (Å²) in [6.07, 6.45) is 1.68. The maximum absolute atomic E-state index is 11.5. The van der Waals surface area contributed by atoms with Crippen molar-refractivity contribution >= 4 is 5.91 Å². The highest BCUT2D eigenvalue weighted by atomic mass is 16.2. The van der Waals surface area contributed by atoms with Gasteiger partial charge in [0.1, 0.15) is 0 Å². The number of amides is 1. The van der Waals surface area contributed by atoms with Crippen molar-refractivity contribution in [1.29, 1.82) is 0 Å². The monoisotopic (exact) mass is 218 g/mol. The Morgan fingerprint density at radius 3 is 3.12 bits per heavy atom. The van der Waals surface area contributed by atoms with Gasteiger partial charge in [-0.3, -0.25) is 9.78 Å². The molecule has 0 aromatic carbocycles. The fourth-order valence-corrected chi connectivity index (χ4v) is 1.20. The van der Waals surface area contributed by atoms with Crippen molar-refractivity contribution in [1.82, 2.24) is 30.9 Å². The fraction of sp³-hybridized carbons (Fsp3) is 0.222. The Kier molecular flexibility index (Phi) is 2.86. The third kappa shape index (κ3) is 2.19. The zero-order chi connectivity index (χ0) is 11.4. The molecule has 0 bridgehead atoms. The second-order valence-electron chi connectivity index (χ2n) is 3.19. The summed E-state index contributed by atoms with van der Waals surface area (Å²) in [5.41, 5.74) is 1.84. The van der Waals surface area contributed by atoms with E-state index in [1.807, 2.05) is 19.1 Å². The molecular formula is C9H10N6O. The molecule has 2 heterocycles. The van der Waals surface area contributed by atoms with Gasteiger partial charge < -0.3 is 5.32 Å². The number of H-pyrrole nitrogens is 1. The summed E-state index contributed by atoms with van der Waals surface area (Å²) in [7, 11) is 0. The average Bonchev–Trinajstić information content (AvgIpc) is 2.81. The molecule has 0 atom stereocenters. The Labute approximate surface area is 91.3 Å². The van der Waals surface area contributed by atoms with E-state index in [0.29, 0.717) is 6.54 Å². The van der Waals surface area contributed by atoms with E-state index in [1.54, 1.807) is 6.20 Å². The van der Waals surface area contributed by atoms with E-state index in [2.05, 4.69) is 30.9 Å². The highest BCUT2D eigenvalue weighted by molar-refractivity contribution is 5.89. The Morgan fingerprint density at radius 1 is 1.56 bits per heavy atom. The lowest BCUT2D eigenvalue weighted by Gasteiger charge is -2.04. The summed E-state index contributed by atoms with van der Waals surface area (Å²) < 4.78 is 0. The van der Waals surface area contributed by atoms with E-state index < -0.39 is 0 Å². The van der Waals surface area contributed by atoms with Crippen LogP contribution in [0.5, 0.6) is 0 Å². The smallest absolute Gasteiger partial charge is 0.293 e. The van der Waals surface area contributed by atoms with Crippen LogP contribution in [0.15, 0.2) is 18.3 Å². The van der Waals surface area contributed by atoms with E-state index in [0.717, 1.165) is 11.3 Å². The van der Waals surface area contributed by atoms with Crippen molar-refractivity contribution in [2.75, 3.05) is 0 Å². The maximum Gasteiger partial charge on any atom is 0.293 e. The molecule has 82 valence electrons. The second kappa shape index (κ2) is 4.47. The van der Waals surface area contributed by atoms with E-state index in [4.69, 9.17) is 0 Å². The number of nitrogens with one attached hydrogen (secondary N) is 2. The van der Waals surface area contributed by atoms with Crippen molar-refractivity contribution in [2.24, 2.45) is 0 Å². The van der Waals surface area contributed by atoms with Crippen LogP contribution in [-0.4, -0.2) is 31.5 Å². The Morgan fingerprint density at radius 2 is 2.44 bits per heavy atom. The fourth-order valence-electron chi connectivity index (χ4n) is 1.20. The highest BCUT2D eigenvalue weighted by Gasteiger charge is 2.10. The topological polar surface area (TPSA) is 96.5 Å². The largest absolute Gasteiger partial charge is 0.344 e. The van der Waals surface area contributed by atoms with Crippen LogP contribution in [-0.2, 0) is 6.54 Å². The van der Waals surface area contributed by atoms with Crippen LogP contribution in [0.25, 0.3) is 0 Å². The molecule has 2 rings (SSSR count). The van der Waals surface area contributed by atoms with Gasteiger partial charge in [0.25, 0.3) is 11.7 Å². The third-order valence-corrected chi connectivity index (χ3v) is 2.08. The van der Waals surface area contributed by atoms with Gasteiger partial charge in [0.2, 0.25) is 0 Å². The SMILES string of the molecule is Cc1cccnc1CNC(=O)c1nn[nH]n1. The van der Waals surface area contributed by atoms with Crippen LogP contribution in [0.4, 0.5) is 0 Å². The predicted molar refractivity (Wildman–Crippen MR) is 54.3 cm³/mol. The van der Waals surface area contributed by atoms with Crippen molar-refractivity contribution < 1.29 is 4.79 Å². The summed E-state index contributed by atoms with van der Waals surface area (Å²) in [5.74, 6) is -0.354. The van der Waals surface area contributed by atoms with Crippen LogP contribution in [0.3, 0.4) is 0 Å². The molecule has 0 spiro atoms. The first-order valence-electron chi connectivity index (χ1n) is 4.69. The third-order valence-electron chi connectivity index (χ3n) is 2.08. The van der Waals surface area contributed by atoms with Crippen molar-refractivity contribution in [3.05, 3.63) is 35.4 Å². The first-order valence-corrected chi connectivity index (χ1v) is 4.69. The van der Waals surface area contributed by atoms with Crippen LogP contribution >= 0.6 is 0 Å². The summed E-state index contributed by atoms with van der Waals surface area (Å²) in [6.45, 7) is 2.28. The Balaban J connectivity index is 1.98. The number of pyridine rings is 1. The molecule has 7 heteroatoms. The van der Waals surface area contributed by atoms with Gasteiger partial charge in [0.05, 0.1) is 12.2 Å². The summed E-state index contributed by atoms with van der Waals surface area (Å²) in [4.78, 5) is 15.6. The molecule has 1 amide bonds. The van der Waals surface area contributed by atoms with Gasteiger partial charge >= 0.3 is 0 Å². The standard InChI is InChI=1S/C9H10N6O/c1-6-3-2-4-10-7(6)5-11-9(16)8-12-14-15-13-8/h2-4H,5H2,1H3,(H,11,16)(H,12,13,14,15). The Bertz CT molecular complexity index is 481. The minimum Gasteiger partial charge on any atom is -0.344 e. The molecule has 2 N–H and O–H groups in total. The molecule has 7 nitrogen and oxygen atoms in total. The molecule has 0 aliphatic carbocycles. The van der Waals surface area contributed by atoms with Crippen LogP contribution in [0, 0.1) is 6.92 Å². The average molecular weight is 218 g/mol. The predicted octanol–water partition coefficient (Wildman–Crippen LogP) is -0.167. The minimum absolute atomic E-state index is 0.0218. The molecule has 0 unspecified atom stereocenters. The lowest BCUT2D eigenvalue weighted by molar-refractivity contribution is 0.0940. The number of rotatable bonds is 3. The summed E-state index contributed by atoms with van der Waals surface area (Å²) in [6, 6.07) is 3.78. The number of tetrazole rings is 1. The number of aromatic amines is 1. The van der Waals surface area contributed by atoms with Crippen molar-refractivity contribution in [2.45, 2.75) is 13.5 Å². The molecule has 0 saturated heterocycles. The molecule has 2 aromatic heterocycles. The minimum atomic E-state index is -0.376. The van der Waals surface area contributed by atoms with Gasteiger partial charge in [-0.05, 0) is 23.8 Å². The zero-order valence-corrected chi connectivity index (χ0v) is 8.64. The Hall–Kier alpha value is -2.31. The van der Waals surface area contributed by atoms with Gasteiger partial charge in [-0.1, -0.05) is 6.07 Å². The number of hydrogen-bond acceptors (Lipinski definition) is 5. The molecule has 0 aliphatic rings. The van der Waals surface area contributed by atoms with E-state index in [1.165, 1.54) is 0 Å². The number of nitrogens with zero attached hydrogens (tertiary/aromatic N) is 4. The van der Waals surface area contributed by atoms with E-state index in [9.17, 15) is 4.79 Å². The molecule has 2 aromatic rings. The molecule has 0 fully saturated rings. The highest BCUT2D eigenvalue weighted by Crippen LogP contribution is 2.02. The normalized spacial score (nSPS) is 10.1. The van der Waals surface area contributed by atoms with Gasteiger partial charge in [-0.15, -0.1) is 10.2 Å². The number of carbonyl (C=O) groups is 1. The van der Waals surface area contributed by atoms with Crippen LogP contribution in [0.2, 0.25) is 0 Å². The number of aryl methyl sites for hydroxylation is 1. The van der Waals surface area contributed by atoms with Gasteiger partial charge in [0.15, 0.2) is 0 Å². The quantitative estimate of drug-likeness (QED) is 0.745. The molecule has 16 heavy (non-hydrogen) atoms. The maximum atomic E-state index is 11.5. The summed E-state index contributed by atoms with van der Waals surface area (Å²) >= 11 is 0. The zero-order valence-electron chi connectivity index (χ0n) is 8.64. The first kappa shape index (κ1) is 10.2. The van der Waals surface area contributed by atoms with Crippen LogP contribution < -0.4 is 5.32 Å². The number of hydrogen-bond donors (Lipinski definition) is 2. The van der Waals surface area contributed by atoms with Gasteiger partial charge in [-0.2, -0.15) is 5.21 Å². The van der Waals surface area contributed by atoms with Gasteiger partial charge in [-0.25, -0.2) is 0 Å². The summed E-state index contributed by atoms with van der Waals surface area (Å²) in [5, 5.41) is 15.3. The number of carbonyl (C=O) groups excluding carboxylic acids is 1. The van der Waals surface area contributed by atoms with Crippen LogP contribution in [0.1, 0.15) is 21.9 Å². The molecular weight excluding hydrogens is 208 g/mol. The van der Waals surface area contributed by atoms with E-state index >= 15 is 0 Å². The van der Waals surface area contributed by atoms with E-state index in [-0.39, 0.29) is 11.7 Å². The lowest BCUT2D eigenvalue weighted by atomic mass is 10.2. The second-order valence-corrected chi connectivity index (χ2v) is 3.19. The molecule has 0 radical (unpaired) electrons. The van der Waals surface area contributed by atoms with Crippen molar-refractivity contribution in [3.63, 3.8) is 0 Å².